The molecule has 4 nitrogen and oxygen atoms in total. The van der Waals surface area contributed by atoms with Crippen molar-refractivity contribution in [1.82, 2.24) is 0 Å². The smallest absolute Gasteiger partial charge is 0.253 e. The van der Waals surface area contributed by atoms with E-state index < -0.39 is 0 Å². The quantitative estimate of drug-likeness (QED) is 0.789. The number of amides is 1. The first-order valence-corrected chi connectivity index (χ1v) is 6.43. The molecule has 0 saturated carbocycles. The Bertz CT molecular complexity index is 523. The summed E-state index contributed by atoms with van der Waals surface area (Å²) in [6.07, 6.45) is 1.38. The molecule has 19 heavy (non-hydrogen) atoms. The number of carbonyl (C=O) groups excluding carboxylic acids is 1. The van der Waals surface area contributed by atoms with Crippen LogP contribution in [-0.2, 0) is 9.53 Å². The maximum atomic E-state index is 12.0. The molecule has 100 valence electrons. The largest absolute Gasteiger partial charge is 0.368 e. The van der Waals surface area contributed by atoms with E-state index in [0.29, 0.717) is 18.8 Å². The molecule has 0 radical (unpaired) electrons. The van der Waals surface area contributed by atoms with Crippen molar-refractivity contribution in [3.63, 3.8) is 0 Å². The van der Waals surface area contributed by atoms with Crippen LogP contribution in [0.15, 0.2) is 18.2 Å². The Morgan fingerprint density at radius 2 is 2.42 bits per heavy atom. The first-order chi connectivity index (χ1) is 9.20. The molecule has 3 N–H and O–H groups in total. The second-order valence-corrected chi connectivity index (χ2v) is 4.55. The summed E-state index contributed by atoms with van der Waals surface area (Å²) in [6.45, 7) is 2.94. The number of nitrogens with two attached hydrogens (primary N) is 1. The molecule has 0 aliphatic carbocycles. The van der Waals surface area contributed by atoms with Gasteiger partial charge in [0, 0.05) is 12.2 Å². The average Bonchev–Trinajstić information content (AvgIpc) is 2.93. The molecule has 1 aliphatic heterocycles. The second-order valence-electron chi connectivity index (χ2n) is 4.55. The monoisotopic (exact) mass is 258 g/mol. The van der Waals surface area contributed by atoms with E-state index in [1.54, 1.807) is 0 Å². The minimum Gasteiger partial charge on any atom is -0.368 e. The van der Waals surface area contributed by atoms with Gasteiger partial charge >= 0.3 is 0 Å². The van der Waals surface area contributed by atoms with Crippen molar-refractivity contribution in [3.8, 4) is 11.8 Å². The van der Waals surface area contributed by atoms with Gasteiger partial charge in [-0.1, -0.05) is 17.9 Å². The highest BCUT2D eigenvalue weighted by molar-refractivity contribution is 5.95. The molecule has 0 spiro atoms. The summed E-state index contributed by atoms with van der Waals surface area (Å²) in [5.41, 5.74) is 7.98. The first kappa shape index (κ1) is 13.6. The zero-order valence-corrected chi connectivity index (χ0v) is 11.0. The van der Waals surface area contributed by atoms with Gasteiger partial charge in [-0.15, -0.1) is 0 Å². The molecule has 1 fully saturated rings. The zero-order valence-electron chi connectivity index (χ0n) is 11.0. The molecule has 0 aromatic heterocycles. The van der Waals surface area contributed by atoms with E-state index in [9.17, 15) is 4.79 Å². The summed E-state index contributed by atoms with van der Waals surface area (Å²) >= 11 is 0. The fourth-order valence-electron chi connectivity index (χ4n) is 2.01. The number of rotatable bonds is 2. The Morgan fingerprint density at radius 1 is 1.58 bits per heavy atom. The summed E-state index contributed by atoms with van der Waals surface area (Å²) in [5, 5.41) is 2.88. The Labute approximate surface area is 113 Å². The molecule has 1 amide bonds. The molecule has 1 unspecified atom stereocenters. The third kappa shape index (κ3) is 3.57. The predicted molar refractivity (Wildman–Crippen MR) is 74.7 cm³/mol. The average molecular weight is 258 g/mol. The zero-order chi connectivity index (χ0) is 13.7. The number of anilines is 1. The Balaban J connectivity index is 2.16. The molecular formula is C15H18N2O2. The minimum atomic E-state index is -0.336. The number of aryl methyl sites for hydroxylation is 1. The summed E-state index contributed by atoms with van der Waals surface area (Å²) in [4.78, 5) is 12.0. The topological polar surface area (TPSA) is 64.3 Å². The van der Waals surface area contributed by atoms with Crippen LogP contribution < -0.4 is 11.1 Å². The summed E-state index contributed by atoms with van der Waals surface area (Å²) < 4.78 is 5.36. The maximum Gasteiger partial charge on any atom is 0.253 e. The highest BCUT2D eigenvalue weighted by atomic mass is 16.5. The maximum absolute atomic E-state index is 12.0. The van der Waals surface area contributed by atoms with Gasteiger partial charge in [0.15, 0.2) is 0 Å². The summed E-state index contributed by atoms with van der Waals surface area (Å²) in [7, 11) is 0. The normalized spacial score (nSPS) is 17.7. The fraction of sp³-hybridized carbons (Fsp3) is 0.400. The van der Waals surface area contributed by atoms with Crippen molar-refractivity contribution in [2.45, 2.75) is 25.9 Å². The number of benzene rings is 1. The standard InChI is InChI=1S/C15H18N2O2/c1-11-6-7-13(12(10-11)4-2-8-16)17-15(18)14-5-3-9-19-14/h6-7,10,14H,3,5,8-9,16H2,1H3,(H,17,18). The molecule has 1 heterocycles. The molecule has 1 atom stereocenters. The van der Waals surface area contributed by atoms with Crippen molar-refractivity contribution < 1.29 is 9.53 Å². The van der Waals surface area contributed by atoms with Crippen LogP contribution in [-0.4, -0.2) is 25.2 Å². The van der Waals surface area contributed by atoms with Crippen LogP contribution in [0.3, 0.4) is 0 Å². The highest BCUT2D eigenvalue weighted by Gasteiger charge is 2.23. The summed E-state index contributed by atoms with van der Waals surface area (Å²) in [6, 6.07) is 5.75. The number of hydrogen-bond donors (Lipinski definition) is 2. The lowest BCUT2D eigenvalue weighted by atomic mass is 10.1. The number of carbonyl (C=O) groups is 1. The van der Waals surface area contributed by atoms with Gasteiger partial charge in [0.2, 0.25) is 0 Å². The minimum absolute atomic E-state index is 0.0999. The molecule has 1 aromatic rings. The van der Waals surface area contributed by atoms with Crippen LogP contribution in [0.25, 0.3) is 0 Å². The van der Waals surface area contributed by atoms with E-state index in [1.807, 2.05) is 25.1 Å². The molecular weight excluding hydrogens is 240 g/mol. The van der Waals surface area contributed by atoms with Gasteiger partial charge in [-0.3, -0.25) is 4.79 Å². The second kappa shape index (κ2) is 6.37. The SMILES string of the molecule is Cc1ccc(NC(=O)C2CCCO2)c(C#CCN)c1. The lowest BCUT2D eigenvalue weighted by molar-refractivity contribution is -0.124. The van der Waals surface area contributed by atoms with Gasteiger partial charge in [0.1, 0.15) is 6.10 Å². The van der Waals surface area contributed by atoms with Crippen molar-refractivity contribution >= 4 is 11.6 Å². The van der Waals surface area contributed by atoms with E-state index in [0.717, 1.165) is 24.0 Å². The van der Waals surface area contributed by atoms with E-state index in [-0.39, 0.29) is 12.0 Å². The van der Waals surface area contributed by atoms with E-state index in [2.05, 4.69) is 17.2 Å². The van der Waals surface area contributed by atoms with Gasteiger partial charge in [0.25, 0.3) is 5.91 Å². The van der Waals surface area contributed by atoms with Gasteiger partial charge < -0.3 is 15.8 Å². The van der Waals surface area contributed by atoms with Gasteiger partial charge in [0.05, 0.1) is 12.2 Å². The molecule has 1 aromatic carbocycles. The lowest BCUT2D eigenvalue weighted by Crippen LogP contribution is -2.27. The Hall–Kier alpha value is -1.83. The molecule has 0 bridgehead atoms. The van der Waals surface area contributed by atoms with Crippen LogP contribution in [0, 0.1) is 18.8 Å². The third-order valence-electron chi connectivity index (χ3n) is 2.98. The fourth-order valence-corrected chi connectivity index (χ4v) is 2.01. The van der Waals surface area contributed by atoms with Crippen molar-refractivity contribution in [2.75, 3.05) is 18.5 Å². The molecule has 1 saturated heterocycles. The Morgan fingerprint density at radius 3 is 3.11 bits per heavy atom. The molecule has 2 rings (SSSR count). The van der Waals surface area contributed by atoms with Crippen molar-refractivity contribution in [1.29, 1.82) is 0 Å². The van der Waals surface area contributed by atoms with E-state index in [4.69, 9.17) is 10.5 Å². The lowest BCUT2D eigenvalue weighted by Gasteiger charge is -2.12. The van der Waals surface area contributed by atoms with Gasteiger partial charge in [-0.2, -0.15) is 0 Å². The van der Waals surface area contributed by atoms with Gasteiger partial charge in [-0.25, -0.2) is 0 Å². The number of ether oxygens (including phenoxy) is 1. The van der Waals surface area contributed by atoms with Crippen LogP contribution >= 0.6 is 0 Å². The van der Waals surface area contributed by atoms with Crippen LogP contribution in [0.1, 0.15) is 24.0 Å². The van der Waals surface area contributed by atoms with Crippen molar-refractivity contribution in [2.24, 2.45) is 5.73 Å². The first-order valence-electron chi connectivity index (χ1n) is 6.43. The van der Waals surface area contributed by atoms with Crippen molar-refractivity contribution in [3.05, 3.63) is 29.3 Å². The summed E-state index contributed by atoms with van der Waals surface area (Å²) in [5.74, 6) is 5.69. The number of nitrogens with one attached hydrogen (secondary N) is 1. The van der Waals surface area contributed by atoms with E-state index in [1.165, 1.54) is 0 Å². The Kier molecular flexibility index (Phi) is 4.56. The number of hydrogen-bond acceptors (Lipinski definition) is 3. The highest BCUT2D eigenvalue weighted by Crippen LogP contribution is 2.19. The van der Waals surface area contributed by atoms with Gasteiger partial charge in [-0.05, 0) is 37.5 Å². The third-order valence-corrected chi connectivity index (χ3v) is 2.98. The van der Waals surface area contributed by atoms with E-state index >= 15 is 0 Å². The van der Waals surface area contributed by atoms with Crippen LogP contribution in [0.5, 0.6) is 0 Å². The van der Waals surface area contributed by atoms with Crippen LogP contribution in [0.2, 0.25) is 0 Å². The molecule has 4 heteroatoms. The molecule has 1 aliphatic rings. The predicted octanol–water partition coefficient (Wildman–Crippen LogP) is 1.42. The van der Waals surface area contributed by atoms with Crippen LogP contribution in [0.4, 0.5) is 5.69 Å².